The van der Waals surface area contributed by atoms with Gasteiger partial charge in [0, 0.05) is 18.5 Å². The predicted molar refractivity (Wildman–Crippen MR) is 92.4 cm³/mol. The van der Waals surface area contributed by atoms with Gasteiger partial charge < -0.3 is 14.8 Å². The number of hydrogen-bond acceptors (Lipinski definition) is 5. The largest absolute Gasteiger partial charge is 0.427 e. The van der Waals surface area contributed by atoms with Gasteiger partial charge in [-0.1, -0.05) is 31.9 Å². The molecule has 130 valence electrons. The van der Waals surface area contributed by atoms with Crippen molar-refractivity contribution in [3.05, 3.63) is 40.0 Å². The highest BCUT2D eigenvalue weighted by molar-refractivity contribution is 5.83. The molecule has 1 saturated carbocycles. The Labute approximate surface area is 141 Å². The van der Waals surface area contributed by atoms with Gasteiger partial charge in [-0.05, 0) is 30.6 Å². The van der Waals surface area contributed by atoms with E-state index in [1.54, 1.807) is 6.07 Å². The average Bonchev–Trinajstić information content (AvgIpc) is 2.59. The molecule has 0 amide bonds. The van der Waals surface area contributed by atoms with E-state index in [1.807, 2.05) is 0 Å². The number of hydrogen-bond donors (Lipinski definition) is 2. The lowest BCUT2D eigenvalue weighted by Gasteiger charge is -2.40. The average molecular weight is 331 g/mol. The van der Waals surface area contributed by atoms with E-state index in [9.17, 15) is 9.59 Å². The summed E-state index contributed by atoms with van der Waals surface area (Å²) in [6.07, 6.45) is 9.87. The summed E-state index contributed by atoms with van der Waals surface area (Å²) in [7, 11) is 0. The van der Waals surface area contributed by atoms with Crippen molar-refractivity contribution in [1.82, 2.24) is 0 Å². The number of fused-ring (bicyclic) bond motifs is 1. The first-order valence-corrected chi connectivity index (χ1v) is 8.82. The minimum atomic E-state index is -0.600. The van der Waals surface area contributed by atoms with Gasteiger partial charge in [0.25, 0.3) is 0 Å². The van der Waals surface area contributed by atoms with Crippen molar-refractivity contribution in [2.75, 3.05) is 18.5 Å². The maximum Gasteiger partial charge on any atom is 0.348 e. The minimum Gasteiger partial charge on any atom is -0.427 e. The normalized spacial score (nSPS) is 29.1. The second kappa shape index (κ2) is 7.34. The second-order valence-electron chi connectivity index (χ2n) is 6.91. The highest BCUT2D eigenvalue weighted by Crippen LogP contribution is 2.47. The highest BCUT2D eigenvalue weighted by atomic mass is 16.4. The topological polar surface area (TPSA) is 79.5 Å². The molecular weight excluding hydrogens is 306 g/mol. The van der Waals surface area contributed by atoms with E-state index < -0.39 is 5.63 Å². The zero-order valence-electron chi connectivity index (χ0n) is 14.0. The van der Waals surface area contributed by atoms with E-state index in [4.69, 9.17) is 9.52 Å². The number of aliphatic hydroxyl groups excluding tert-OH is 1. The van der Waals surface area contributed by atoms with E-state index in [2.05, 4.69) is 24.4 Å². The van der Waals surface area contributed by atoms with Crippen molar-refractivity contribution >= 4 is 12.0 Å². The van der Waals surface area contributed by atoms with Crippen molar-refractivity contribution in [1.29, 1.82) is 0 Å². The summed E-state index contributed by atoms with van der Waals surface area (Å²) in [6.45, 7) is 2.37. The van der Waals surface area contributed by atoms with Gasteiger partial charge in [0.15, 0.2) is 6.29 Å². The Morgan fingerprint density at radius 2 is 2.12 bits per heavy atom. The number of carbonyl (C=O) groups is 1. The van der Waals surface area contributed by atoms with Crippen LogP contribution in [-0.2, 0) is 0 Å². The van der Waals surface area contributed by atoms with Gasteiger partial charge >= 0.3 is 5.63 Å². The molecule has 0 spiro atoms. The van der Waals surface area contributed by atoms with Crippen LogP contribution in [0, 0.1) is 17.8 Å². The zero-order chi connectivity index (χ0) is 17.1. The number of rotatable bonds is 5. The van der Waals surface area contributed by atoms with Gasteiger partial charge in [0.1, 0.15) is 11.3 Å². The van der Waals surface area contributed by atoms with E-state index >= 15 is 0 Å². The number of carbonyl (C=O) groups excluding carboxylic acids is 1. The maximum atomic E-state index is 12.2. The molecule has 1 aromatic rings. The van der Waals surface area contributed by atoms with Crippen LogP contribution in [0.1, 0.15) is 54.6 Å². The third-order valence-electron chi connectivity index (χ3n) is 5.45. The molecule has 0 bridgehead atoms. The van der Waals surface area contributed by atoms with Gasteiger partial charge in [0.05, 0.1) is 12.3 Å². The molecule has 2 aliphatic rings. The van der Waals surface area contributed by atoms with Crippen LogP contribution < -0.4 is 10.9 Å². The fraction of sp³-hybridized carbons (Fsp3) is 0.579. The van der Waals surface area contributed by atoms with Crippen LogP contribution in [0.3, 0.4) is 0 Å². The molecule has 3 rings (SSSR count). The fourth-order valence-electron chi connectivity index (χ4n) is 4.30. The second-order valence-corrected chi connectivity index (χ2v) is 6.91. The summed E-state index contributed by atoms with van der Waals surface area (Å²) in [5, 5.41) is 12.0. The van der Waals surface area contributed by atoms with E-state index in [0.717, 1.165) is 6.42 Å². The first-order valence-electron chi connectivity index (χ1n) is 8.82. The molecule has 0 aromatic carbocycles. The monoisotopic (exact) mass is 331 g/mol. The molecule has 5 heteroatoms. The fourth-order valence-corrected chi connectivity index (χ4v) is 4.30. The molecule has 2 aliphatic carbocycles. The lowest BCUT2D eigenvalue weighted by Crippen LogP contribution is -2.32. The van der Waals surface area contributed by atoms with Crippen LogP contribution in [-0.4, -0.2) is 24.5 Å². The van der Waals surface area contributed by atoms with Crippen LogP contribution in [0.4, 0.5) is 5.69 Å². The number of allylic oxidation sites excluding steroid dienone is 2. The number of aliphatic hydroxyl groups is 1. The van der Waals surface area contributed by atoms with Crippen molar-refractivity contribution in [2.24, 2.45) is 17.8 Å². The third-order valence-corrected chi connectivity index (χ3v) is 5.45. The smallest absolute Gasteiger partial charge is 0.348 e. The van der Waals surface area contributed by atoms with E-state index in [1.165, 1.54) is 19.3 Å². The quantitative estimate of drug-likeness (QED) is 0.640. The number of nitrogens with one attached hydrogen (secondary N) is 1. The molecule has 0 unspecified atom stereocenters. The summed E-state index contributed by atoms with van der Waals surface area (Å²) in [6, 6.07) is 1.78. The Bertz CT molecular complexity index is 678. The number of aldehydes is 1. The van der Waals surface area contributed by atoms with Gasteiger partial charge in [0.2, 0.25) is 0 Å². The van der Waals surface area contributed by atoms with Gasteiger partial charge in [-0.3, -0.25) is 4.79 Å². The third kappa shape index (κ3) is 3.18. The Morgan fingerprint density at radius 3 is 2.88 bits per heavy atom. The summed E-state index contributed by atoms with van der Waals surface area (Å²) >= 11 is 0. The summed E-state index contributed by atoms with van der Waals surface area (Å²) in [5.41, 5.74) is -0.150. The predicted octanol–water partition coefficient (Wildman–Crippen LogP) is 2.95. The van der Waals surface area contributed by atoms with Crippen molar-refractivity contribution in [3.8, 4) is 0 Å². The summed E-state index contributed by atoms with van der Waals surface area (Å²) in [5.74, 6) is 2.13. The van der Waals surface area contributed by atoms with Crippen LogP contribution in [0.5, 0.6) is 0 Å². The molecule has 1 aromatic heterocycles. The Morgan fingerprint density at radius 1 is 1.33 bits per heavy atom. The maximum absolute atomic E-state index is 12.2. The SMILES string of the molecule is C[C@@H]1C=C[C@@H]2CCCC[C@H]2[C@@H]1c1cc(NCCO)c(C=O)c(=O)o1. The molecule has 2 N–H and O–H groups in total. The molecule has 1 heterocycles. The molecule has 5 nitrogen and oxygen atoms in total. The van der Waals surface area contributed by atoms with Gasteiger partial charge in [-0.15, -0.1) is 0 Å². The van der Waals surface area contributed by atoms with E-state index in [0.29, 0.717) is 35.5 Å². The van der Waals surface area contributed by atoms with Crippen molar-refractivity contribution < 1.29 is 14.3 Å². The van der Waals surface area contributed by atoms with Crippen molar-refractivity contribution in [3.63, 3.8) is 0 Å². The first kappa shape index (κ1) is 17.0. The van der Waals surface area contributed by atoms with Gasteiger partial charge in [-0.25, -0.2) is 4.79 Å². The molecule has 1 fully saturated rings. The molecule has 0 saturated heterocycles. The molecule has 0 radical (unpaired) electrons. The number of anilines is 1. The Kier molecular flexibility index (Phi) is 5.19. The van der Waals surface area contributed by atoms with Crippen LogP contribution in [0.15, 0.2) is 27.4 Å². The van der Waals surface area contributed by atoms with Crippen molar-refractivity contribution in [2.45, 2.75) is 38.5 Å². The Balaban J connectivity index is 2.01. The lowest BCUT2D eigenvalue weighted by molar-refractivity contribution is 0.111. The molecule has 0 aliphatic heterocycles. The Hall–Kier alpha value is -1.88. The molecule has 4 atom stereocenters. The minimum absolute atomic E-state index is 0.00796. The van der Waals surface area contributed by atoms with Crippen LogP contribution in [0.2, 0.25) is 0 Å². The van der Waals surface area contributed by atoms with Crippen LogP contribution >= 0.6 is 0 Å². The zero-order valence-corrected chi connectivity index (χ0v) is 14.0. The highest BCUT2D eigenvalue weighted by Gasteiger charge is 2.38. The summed E-state index contributed by atoms with van der Waals surface area (Å²) in [4.78, 5) is 23.5. The van der Waals surface area contributed by atoms with E-state index in [-0.39, 0.29) is 24.6 Å². The summed E-state index contributed by atoms with van der Waals surface area (Å²) < 4.78 is 5.56. The first-order chi connectivity index (χ1) is 11.7. The van der Waals surface area contributed by atoms with Gasteiger partial charge in [-0.2, -0.15) is 0 Å². The molecular formula is C19H25NO4. The molecule has 24 heavy (non-hydrogen) atoms. The lowest BCUT2D eigenvalue weighted by atomic mass is 9.64. The van der Waals surface area contributed by atoms with Crippen LogP contribution in [0.25, 0.3) is 0 Å². The standard InChI is InChI=1S/C19H25NO4/c1-12-6-7-13-4-2-3-5-14(13)18(12)17-10-16(20-8-9-21)15(11-22)19(23)24-17/h6-7,10-14,18,20-21H,2-5,8-9H2,1H3/t12-,13+,14-,18-/m1/s1.